The third-order valence-electron chi connectivity index (χ3n) is 4.88. The molecule has 0 radical (unpaired) electrons. The standard InChI is InChI=1S/C23H17F2NO5/c1-2-30-15-8-5-13(6-9-15)21(27)19-20(18-4-3-11-31-18)26(23(29)22(19)28)14-7-10-16(24)17(25)12-14/h3-12,20,27H,2H2,1H3/b21-19-. The van der Waals surface area contributed by atoms with E-state index in [1.165, 1.54) is 18.4 Å². The largest absolute Gasteiger partial charge is 0.507 e. The van der Waals surface area contributed by atoms with Crippen LogP contribution in [0.15, 0.2) is 70.9 Å². The number of rotatable bonds is 5. The van der Waals surface area contributed by atoms with Crippen molar-refractivity contribution in [2.75, 3.05) is 11.5 Å². The molecule has 1 unspecified atom stereocenters. The topological polar surface area (TPSA) is 80.0 Å². The number of furan rings is 1. The van der Waals surface area contributed by atoms with Crippen LogP contribution in [0.4, 0.5) is 14.5 Å². The first-order valence-electron chi connectivity index (χ1n) is 9.45. The van der Waals surface area contributed by atoms with Gasteiger partial charge in [-0.2, -0.15) is 0 Å². The maximum absolute atomic E-state index is 13.9. The Hall–Kier alpha value is -3.94. The second-order valence-electron chi connectivity index (χ2n) is 6.74. The molecule has 1 fully saturated rings. The second-order valence-corrected chi connectivity index (χ2v) is 6.74. The monoisotopic (exact) mass is 425 g/mol. The molecule has 1 aliphatic heterocycles. The third-order valence-corrected chi connectivity index (χ3v) is 4.88. The molecule has 2 aromatic carbocycles. The molecule has 8 heteroatoms. The summed E-state index contributed by atoms with van der Waals surface area (Å²) in [6.07, 6.45) is 1.34. The van der Waals surface area contributed by atoms with Gasteiger partial charge >= 0.3 is 0 Å². The molecule has 4 rings (SSSR count). The zero-order valence-electron chi connectivity index (χ0n) is 16.3. The number of ether oxygens (including phenoxy) is 1. The van der Waals surface area contributed by atoms with Crippen LogP contribution in [0.1, 0.15) is 24.3 Å². The number of halogens is 2. The van der Waals surface area contributed by atoms with Crippen LogP contribution in [-0.4, -0.2) is 23.4 Å². The van der Waals surface area contributed by atoms with Crippen LogP contribution in [0, 0.1) is 11.6 Å². The van der Waals surface area contributed by atoms with Gasteiger partial charge in [-0.3, -0.25) is 14.5 Å². The van der Waals surface area contributed by atoms with Gasteiger partial charge in [0.2, 0.25) is 0 Å². The van der Waals surface area contributed by atoms with Gasteiger partial charge in [0.25, 0.3) is 11.7 Å². The van der Waals surface area contributed by atoms with E-state index >= 15 is 0 Å². The fourth-order valence-electron chi connectivity index (χ4n) is 3.48. The zero-order valence-corrected chi connectivity index (χ0v) is 16.3. The van der Waals surface area contributed by atoms with Gasteiger partial charge in [0.15, 0.2) is 11.6 Å². The number of carbonyl (C=O) groups is 2. The smallest absolute Gasteiger partial charge is 0.300 e. The molecular formula is C23H17F2NO5. The summed E-state index contributed by atoms with van der Waals surface area (Å²) in [5, 5.41) is 10.9. The Bertz CT molecular complexity index is 1170. The molecule has 6 nitrogen and oxygen atoms in total. The lowest BCUT2D eigenvalue weighted by molar-refractivity contribution is -0.132. The predicted molar refractivity (Wildman–Crippen MR) is 107 cm³/mol. The van der Waals surface area contributed by atoms with E-state index in [1.54, 1.807) is 30.3 Å². The first kappa shape index (κ1) is 20.3. The molecule has 1 amide bonds. The number of amides is 1. The average molecular weight is 425 g/mol. The van der Waals surface area contributed by atoms with Crippen molar-refractivity contribution in [3.8, 4) is 5.75 Å². The number of hydrogen-bond donors (Lipinski definition) is 1. The lowest BCUT2D eigenvalue weighted by Gasteiger charge is -2.23. The van der Waals surface area contributed by atoms with E-state index in [9.17, 15) is 23.5 Å². The molecule has 1 aromatic heterocycles. The summed E-state index contributed by atoms with van der Waals surface area (Å²) in [6.45, 7) is 2.29. The quantitative estimate of drug-likeness (QED) is 0.368. The van der Waals surface area contributed by atoms with Crippen molar-refractivity contribution in [2.24, 2.45) is 0 Å². The molecular weight excluding hydrogens is 408 g/mol. The Balaban J connectivity index is 1.86. The fraction of sp³-hybridized carbons (Fsp3) is 0.130. The van der Waals surface area contributed by atoms with Crippen molar-refractivity contribution in [2.45, 2.75) is 13.0 Å². The number of hydrogen-bond acceptors (Lipinski definition) is 5. The SMILES string of the molecule is CCOc1ccc(/C(O)=C2/C(=O)C(=O)N(c3ccc(F)c(F)c3)C2c2ccco2)cc1. The third kappa shape index (κ3) is 3.56. The Labute approximate surface area is 176 Å². The number of nitrogens with zero attached hydrogens (tertiary/aromatic N) is 1. The number of benzene rings is 2. The van der Waals surface area contributed by atoms with Crippen LogP contribution < -0.4 is 9.64 Å². The predicted octanol–water partition coefficient (Wildman–Crippen LogP) is 4.58. The van der Waals surface area contributed by atoms with Gasteiger partial charge in [-0.05, 0) is 55.5 Å². The molecule has 31 heavy (non-hydrogen) atoms. The Morgan fingerprint density at radius 3 is 2.45 bits per heavy atom. The molecule has 0 saturated carbocycles. The Morgan fingerprint density at radius 1 is 1.10 bits per heavy atom. The number of Topliss-reactive ketones (excluding diaryl/α,β-unsaturated/α-hetero) is 1. The first-order valence-corrected chi connectivity index (χ1v) is 9.45. The normalized spacial score (nSPS) is 17.9. The van der Waals surface area contributed by atoms with Gasteiger partial charge in [-0.1, -0.05) is 0 Å². The highest BCUT2D eigenvalue weighted by molar-refractivity contribution is 6.51. The number of carbonyl (C=O) groups excluding carboxylic acids is 2. The summed E-state index contributed by atoms with van der Waals surface area (Å²) in [5.41, 5.74) is 0.00489. The minimum atomic E-state index is -1.18. The molecule has 158 valence electrons. The van der Waals surface area contributed by atoms with Gasteiger partial charge < -0.3 is 14.3 Å². The summed E-state index contributed by atoms with van der Waals surface area (Å²) in [4.78, 5) is 26.7. The summed E-state index contributed by atoms with van der Waals surface area (Å²) in [6, 6.07) is 11.1. The lowest BCUT2D eigenvalue weighted by atomic mass is 9.99. The van der Waals surface area contributed by atoms with E-state index < -0.39 is 35.1 Å². The van der Waals surface area contributed by atoms with Gasteiger partial charge in [0.05, 0.1) is 18.4 Å². The number of anilines is 1. The second kappa shape index (κ2) is 8.06. The van der Waals surface area contributed by atoms with Gasteiger partial charge in [-0.15, -0.1) is 0 Å². The van der Waals surface area contributed by atoms with Crippen LogP contribution in [-0.2, 0) is 9.59 Å². The van der Waals surface area contributed by atoms with E-state index in [4.69, 9.17) is 9.15 Å². The molecule has 1 saturated heterocycles. The highest BCUT2D eigenvalue weighted by Gasteiger charge is 2.48. The lowest BCUT2D eigenvalue weighted by Crippen LogP contribution is -2.29. The maximum atomic E-state index is 13.9. The van der Waals surface area contributed by atoms with Crippen molar-refractivity contribution in [1.82, 2.24) is 0 Å². The summed E-state index contributed by atoms with van der Waals surface area (Å²) >= 11 is 0. The number of ketones is 1. The minimum Gasteiger partial charge on any atom is -0.507 e. The molecule has 0 spiro atoms. The van der Waals surface area contributed by atoms with Gasteiger partial charge in [0.1, 0.15) is 23.3 Å². The molecule has 0 aliphatic carbocycles. The van der Waals surface area contributed by atoms with Gasteiger partial charge in [0, 0.05) is 17.3 Å². The molecule has 3 aromatic rings. The highest BCUT2D eigenvalue weighted by Crippen LogP contribution is 2.42. The molecule has 1 aliphatic rings. The van der Waals surface area contributed by atoms with Crippen molar-refractivity contribution >= 4 is 23.1 Å². The van der Waals surface area contributed by atoms with Crippen LogP contribution >= 0.6 is 0 Å². The summed E-state index contributed by atoms with van der Waals surface area (Å²) < 4.78 is 38.1. The van der Waals surface area contributed by atoms with Crippen molar-refractivity contribution < 1.29 is 32.6 Å². The van der Waals surface area contributed by atoms with E-state index in [-0.39, 0.29) is 22.6 Å². The van der Waals surface area contributed by atoms with E-state index in [1.807, 2.05) is 6.92 Å². The van der Waals surface area contributed by atoms with Crippen molar-refractivity contribution in [1.29, 1.82) is 0 Å². The summed E-state index contributed by atoms with van der Waals surface area (Å²) in [5.74, 6) is -3.92. The van der Waals surface area contributed by atoms with Crippen molar-refractivity contribution in [3.63, 3.8) is 0 Å². The minimum absolute atomic E-state index is 0.0480. The molecule has 0 bridgehead atoms. The van der Waals surface area contributed by atoms with Crippen LogP contribution in [0.5, 0.6) is 5.75 Å². The van der Waals surface area contributed by atoms with E-state index in [0.717, 1.165) is 17.0 Å². The molecule has 1 N–H and O–H groups in total. The van der Waals surface area contributed by atoms with E-state index in [0.29, 0.717) is 12.4 Å². The van der Waals surface area contributed by atoms with Crippen LogP contribution in [0.3, 0.4) is 0 Å². The molecule has 1 atom stereocenters. The Kier molecular flexibility index (Phi) is 5.29. The number of aliphatic hydroxyl groups is 1. The fourth-order valence-corrected chi connectivity index (χ4v) is 3.48. The van der Waals surface area contributed by atoms with Gasteiger partial charge in [-0.25, -0.2) is 8.78 Å². The number of aliphatic hydroxyl groups excluding tert-OH is 1. The highest BCUT2D eigenvalue weighted by atomic mass is 19.2. The van der Waals surface area contributed by atoms with Crippen molar-refractivity contribution in [3.05, 3.63) is 89.4 Å². The first-order chi connectivity index (χ1) is 14.9. The van der Waals surface area contributed by atoms with Crippen LogP contribution in [0.2, 0.25) is 0 Å². The summed E-state index contributed by atoms with van der Waals surface area (Å²) in [7, 11) is 0. The van der Waals surface area contributed by atoms with E-state index in [2.05, 4.69) is 0 Å². The Morgan fingerprint density at radius 2 is 1.84 bits per heavy atom. The average Bonchev–Trinajstić information content (AvgIpc) is 3.38. The maximum Gasteiger partial charge on any atom is 0.300 e. The van der Waals surface area contributed by atoms with Crippen LogP contribution in [0.25, 0.3) is 5.76 Å². The molecule has 2 heterocycles. The zero-order chi connectivity index (χ0) is 22.1.